The minimum absolute atomic E-state index is 0.00659. The first kappa shape index (κ1) is 24.1. The van der Waals surface area contributed by atoms with Crippen molar-refractivity contribution in [1.29, 1.82) is 0 Å². The summed E-state index contributed by atoms with van der Waals surface area (Å²) in [5, 5.41) is 14.3. The molecule has 3 aromatic carbocycles. The Hall–Kier alpha value is -3.52. The average molecular weight is 468 g/mol. The number of hydrogen-bond donors (Lipinski definition) is 3. The number of Topliss-reactive ketones (excluding diaryl/α,β-unsaturated/α-hetero) is 1. The van der Waals surface area contributed by atoms with Crippen LogP contribution in [0.2, 0.25) is 0 Å². The van der Waals surface area contributed by atoms with Crippen molar-refractivity contribution in [3.63, 3.8) is 0 Å². The second-order valence-electron chi connectivity index (χ2n) is 7.39. The number of nitrogens with one attached hydrogen (secondary N) is 1. The van der Waals surface area contributed by atoms with Crippen LogP contribution in [-0.4, -0.2) is 35.3 Å². The second kappa shape index (κ2) is 11.4. The minimum atomic E-state index is -0.667. The molecule has 0 unspecified atom stereocenters. The quantitative estimate of drug-likeness (QED) is 0.171. The molecule has 0 saturated heterocycles. The van der Waals surface area contributed by atoms with Crippen molar-refractivity contribution in [3.05, 3.63) is 71.8 Å². The van der Waals surface area contributed by atoms with Crippen molar-refractivity contribution < 1.29 is 29.0 Å². The summed E-state index contributed by atoms with van der Waals surface area (Å²) in [4.78, 5) is 35.4. The summed E-state index contributed by atoms with van der Waals surface area (Å²) in [5.41, 5.74) is 1.76. The van der Waals surface area contributed by atoms with Gasteiger partial charge in [-0.1, -0.05) is 30.3 Å². The highest BCUT2D eigenvalue weighted by Gasteiger charge is 2.20. The number of carbonyl (C=O) groups excluding carboxylic acids is 3. The summed E-state index contributed by atoms with van der Waals surface area (Å²) < 4.78 is 10.8. The molecule has 0 bridgehead atoms. The third-order valence-corrected chi connectivity index (χ3v) is 5.33. The largest absolute Gasteiger partial charge is 0.507 e. The third-order valence-electron chi connectivity index (χ3n) is 5.07. The van der Waals surface area contributed by atoms with E-state index in [4.69, 9.17) is 9.47 Å². The number of anilines is 1. The number of rotatable bonds is 9. The van der Waals surface area contributed by atoms with Gasteiger partial charge in [0, 0.05) is 22.2 Å². The van der Waals surface area contributed by atoms with Gasteiger partial charge < -0.3 is 14.6 Å². The van der Waals surface area contributed by atoms with E-state index in [0.29, 0.717) is 29.5 Å². The van der Waals surface area contributed by atoms with E-state index in [1.54, 1.807) is 42.5 Å². The Kier molecular flexibility index (Phi) is 8.32. The van der Waals surface area contributed by atoms with Crippen LogP contribution in [0.3, 0.4) is 0 Å². The van der Waals surface area contributed by atoms with Gasteiger partial charge in [0.1, 0.15) is 11.9 Å². The first-order valence-corrected chi connectivity index (χ1v) is 11.1. The lowest BCUT2D eigenvalue weighted by atomic mass is 9.97. The van der Waals surface area contributed by atoms with Gasteiger partial charge in [-0.2, -0.15) is 12.6 Å². The lowest BCUT2D eigenvalue weighted by Crippen LogP contribution is -2.18. The molecule has 0 fully saturated rings. The van der Waals surface area contributed by atoms with E-state index in [-0.39, 0.29) is 23.9 Å². The summed E-state index contributed by atoms with van der Waals surface area (Å²) in [5.74, 6) is -0.363. The van der Waals surface area contributed by atoms with Crippen molar-refractivity contribution in [2.75, 3.05) is 17.7 Å². The lowest BCUT2D eigenvalue weighted by Gasteiger charge is -2.21. The first-order valence-electron chi connectivity index (χ1n) is 10.4. The highest BCUT2D eigenvalue weighted by molar-refractivity contribution is 7.81. The summed E-state index contributed by atoms with van der Waals surface area (Å²) in [6.45, 7) is 1.64. The zero-order valence-corrected chi connectivity index (χ0v) is 19.0. The number of esters is 1. The van der Waals surface area contributed by atoms with Crippen molar-refractivity contribution in [2.24, 2.45) is 0 Å². The number of amides is 1. The van der Waals surface area contributed by atoms with Crippen LogP contribution < -0.4 is 5.32 Å². The number of hydrogen-bond acceptors (Lipinski definition) is 7. The SMILES string of the molecule is CC(=O)c1ccc(NC(=O)O[C@@H](CCCOC(=O)CS)c2ccc(O)c3ccccc23)cc1. The molecule has 8 heteroatoms. The molecule has 3 aromatic rings. The van der Waals surface area contributed by atoms with Crippen LogP contribution in [0.4, 0.5) is 10.5 Å². The molecular weight excluding hydrogens is 442 g/mol. The summed E-state index contributed by atoms with van der Waals surface area (Å²) >= 11 is 3.88. The molecule has 33 heavy (non-hydrogen) atoms. The summed E-state index contributed by atoms with van der Waals surface area (Å²) in [7, 11) is 0. The maximum absolute atomic E-state index is 12.7. The fraction of sp³-hybridized carbons (Fsp3) is 0.240. The zero-order chi connectivity index (χ0) is 23.8. The van der Waals surface area contributed by atoms with Gasteiger partial charge in [-0.25, -0.2) is 4.79 Å². The number of aromatic hydroxyl groups is 1. The molecule has 1 atom stereocenters. The monoisotopic (exact) mass is 467 g/mol. The fourth-order valence-electron chi connectivity index (χ4n) is 3.43. The van der Waals surface area contributed by atoms with Gasteiger partial charge in [0.25, 0.3) is 0 Å². The van der Waals surface area contributed by atoms with Gasteiger partial charge >= 0.3 is 12.1 Å². The Morgan fingerprint density at radius 1 is 1.00 bits per heavy atom. The van der Waals surface area contributed by atoms with E-state index in [0.717, 1.165) is 10.9 Å². The predicted molar refractivity (Wildman–Crippen MR) is 129 cm³/mol. The van der Waals surface area contributed by atoms with Crippen molar-refractivity contribution in [2.45, 2.75) is 25.9 Å². The van der Waals surface area contributed by atoms with Crippen molar-refractivity contribution in [3.8, 4) is 5.75 Å². The number of ketones is 1. The molecule has 0 aliphatic heterocycles. The predicted octanol–water partition coefficient (Wildman–Crippen LogP) is 5.29. The van der Waals surface area contributed by atoms with E-state index in [2.05, 4.69) is 17.9 Å². The first-order chi connectivity index (χ1) is 15.9. The van der Waals surface area contributed by atoms with Gasteiger partial charge in [-0.05, 0) is 55.5 Å². The van der Waals surface area contributed by atoms with Gasteiger partial charge in [0.2, 0.25) is 0 Å². The lowest BCUT2D eigenvalue weighted by molar-refractivity contribution is -0.140. The van der Waals surface area contributed by atoms with Gasteiger partial charge in [0.05, 0.1) is 12.4 Å². The Labute approximate surface area is 197 Å². The van der Waals surface area contributed by atoms with Crippen LogP contribution in [0.1, 0.15) is 41.8 Å². The highest BCUT2D eigenvalue weighted by Crippen LogP contribution is 2.34. The maximum Gasteiger partial charge on any atom is 0.412 e. The number of benzene rings is 3. The number of phenolic OH excluding ortho intramolecular Hbond substituents is 1. The topological polar surface area (TPSA) is 102 Å². The molecule has 0 spiro atoms. The summed E-state index contributed by atoms with van der Waals surface area (Å²) in [6, 6.07) is 17.1. The van der Waals surface area contributed by atoms with Crippen LogP contribution in [0.25, 0.3) is 10.8 Å². The highest BCUT2D eigenvalue weighted by atomic mass is 32.1. The smallest absolute Gasteiger partial charge is 0.412 e. The molecule has 172 valence electrons. The molecule has 0 heterocycles. The Morgan fingerprint density at radius 3 is 2.36 bits per heavy atom. The van der Waals surface area contributed by atoms with Crippen LogP contribution in [-0.2, 0) is 14.3 Å². The van der Waals surface area contributed by atoms with Crippen molar-refractivity contribution >= 4 is 46.9 Å². The molecule has 0 radical (unpaired) electrons. The van der Waals surface area contributed by atoms with Gasteiger partial charge in [-0.3, -0.25) is 14.9 Å². The number of ether oxygens (including phenoxy) is 2. The molecule has 0 aromatic heterocycles. The van der Waals surface area contributed by atoms with Crippen LogP contribution >= 0.6 is 12.6 Å². The Bertz CT molecular complexity index is 1150. The Balaban J connectivity index is 1.78. The molecule has 0 saturated carbocycles. The van der Waals surface area contributed by atoms with E-state index in [9.17, 15) is 19.5 Å². The molecule has 3 rings (SSSR count). The number of phenols is 1. The second-order valence-corrected chi connectivity index (χ2v) is 7.71. The van der Waals surface area contributed by atoms with Crippen molar-refractivity contribution in [1.82, 2.24) is 0 Å². The van der Waals surface area contributed by atoms with Crippen LogP contribution in [0.5, 0.6) is 5.75 Å². The zero-order valence-electron chi connectivity index (χ0n) is 18.1. The normalized spacial score (nSPS) is 11.6. The number of fused-ring (bicyclic) bond motifs is 1. The summed E-state index contributed by atoms with van der Waals surface area (Å²) in [6.07, 6.45) is -0.465. The van der Waals surface area contributed by atoms with Crippen LogP contribution in [0.15, 0.2) is 60.7 Å². The number of carbonyl (C=O) groups is 3. The molecule has 2 N–H and O–H groups in total. The number of thiol groups is 1. The van der Waals surface area contributed by atoms with Crippen LogP contribution in [0, 0.1) is 0 Å². The maximum atomic E-state index is 12.7. The molecule has 0 aliphatic carbocycles. The standard InChI is InChI=1S/C25H25NO6S/c1-16(27)17-8-10-18(11-9-17)26-25(30)32-23(7-4-14-31-24(29)15-33)21-12-13-22(28)20-6-3-2-5-19(20)21/h2-3,5-6,8-13,23,28,33H,4,7,14-15H2,1H3,(H,26,30)/t23-/m0/s1. The van der Waals surface area contributed by atoms with E-state index in [1.807, 2.05) is 18.2 Å². The minimum Gasteiger partial charge on any atom is -0.507 e. The fourth-order valence-corrected chi connectivity index (χ4v) is 3.52. The average Bonchev–Trinajstić information content (AvgIpc) is 2.81. The molecule has 7 nitrogen and oxygen atoms in total. The Morgan fingerprint density at radius 2 is 1.70 bits per heavy atom. The third kappa shape index (κ3) is 6.49. The van der Waals surface area contributed by atoms with E-state index in [1.165, 1.54) is 6.92 Å². The molecule has 1 amide bonds. The van der Waals surface area contributed by atoms with Gasteiger partial charge in [0.15, 0.2) is 5.78 Å². The molecular formula is C25H25NO6S. The molecule has 0 aliphatic rings. The van der Waals surface area contributed by atoms with E-state index >= 15 is 0 Å². The van der Waals surface area contributed by atoms with Gasteiger partial charge in [-0.15, -0.1) is 0 Å². The van der Waals surface area contributed by atoms with E-state index < -0.39 is 18.2 Å².